The quantitative estimate of drug-likeness (QED) is 0.511. The van der Waals surface area contributed by atoms with Gasteiger partial charge in [0, 0.05) is 0 Å². The summed E-state index contributed by atoms with van der Waals surface area (Å²) in [6, 6.07) is 17.0. The summed E-state index contributed by atoms with van der Waals surface area (Å²) < 4.78 is 0. The summed E-state index contributed by atoms with van der Waals surface area (Å²) in [6.07, 6.45) is 0.247. The number of imidazole rings is 1. The summed E-state index contributed by atoms with van der Waals surface area (Å²) in [5, 5.41) is 2.55. The van der Waals surface area contributed by atoms with Crippen molar-refractivity contribution >= 4 is 28.8 Å². The lowest BCUT2D eigenvalue weighted by atomic mass is 10.1. The van der Waals surface area contributed by atoms with Crippen LogP contribution in [0.1, 0.15) is 19.4 Å². The molecule has 0 atom stereocenters. The lowest BCUT2D eigenvalue weighted by Gasteiger charge is -2.03. The van der Waals surface area contributed by atoms with Gasteiger partial charge in [-0.2, -0.15) is 4.99 Å². The monoisotopic (exact) mass is 323 g/mol. The molecule has 3 aromatic rings. The van der Waals surface area contributed by atoms with Gasteiger partial charge in [-0.25, -0.2) is 4.98 Å². The Bertz CT molecular complexity index is 791. The minimum atomic E-state index is -0.219. The minimum Gasteiger partial charge on any atom is -0.369 e. The van der Waals surface area contributed by atoms with Gasteiger partial charge < -0.3 is 10.7 Å². The molecule has 0 aliphatic rings. The number of aliphatic imine (C=N–C) groups is 1. The summed E-state index contributed by atoms with van der Waals surface area (Å²) in [5.41, 5.74) is 8.32. The second-order valence-electron chi connectivity index (χ2n) is 4.79. The molecule has 0 saturated heterocycles. The van der Waals surface area contributed by atoms with Crippen molar-refractivity contribution in [2.75, 3.05) is 0 Å². The second-order valence-corrected chi connectivity index (χ2v) is 4.79. The highest BCUT2D eigenvalue weighted by Gasteiger charge is 2.06. The number of H-pyrrole nitrogens is 1. The van der Waals surface area contributed by atoms with Crippen molar-refractivity contribution in [2.24, 2.45) is 10.7 Å². The lowest BCUT2D eigenvalue weighted by molar-refractivity contribution is -0.119. The molecule has 0 saturated carbocycles. The van der Waals surface area contributed by atoms with Gasteiger partial charge in [0.05, 0.1) is 17.5 Å². The predicted molar refractivity (Wildman–Crippen MR) is 97.0 cm³/mol. The number of carbonyl (C=O) groups is 1. The Morgan fingerprint density at radius 3 is 2.50 bits per heavy atom. The van der Waals surface area contributed by atoms with Crippen LogP contribution in [0.5, 0.6) is 0 Å². The fourth-order valence-electron chi connectivity index (χ4n) is 2.10. The first-order chi connectivity index (χ1) is 11.7. The zero-order valence-corrected chi connectivity index (χ0v) is 13.8. The highest BCUT2D eigenvalue weighted by atomic mass is 16.1. The molecule has 0 aliphatic heterocycles. The number of fused-ring (bicyclic) bond motifs is 1. The number of nitrogens with two attached hydrogens (primary N) is 1. The summed E-state index contributed by atoms with van der Waals surface area (Å²) in [4.78, 5) is 23.2. The molecule has 0 unspecified atom stereocenters. The third-order valence-electron chi connectivity index (χ3n) is 3.08. The fourth-order valence-corrected chi connectivity index (χ4v) is 2.10. The third-order valence-corrected chi connectivity index (χ3v) is 3.08. The molecular weight excluding hydrogens is 302 g/mol. The maximum absolute atomic E-state index is 11.9. The molecule has 0 bridgehead atoms. The molecule has 0 aliphatic carbocycles. The van der Waals surface area contributed by atoms with Crippen LogP contribution >= 0.6 is 0 Å². The Morgan fingerprint density at radius 2 is 1.79 bits per heavy atom. The van der Waals surface area contributed by atoms with E-state index in [1.807, 2.05) is 68.4 Å². The molecule has 3 rings (SSSR count). The third kappa shape index (κ3) is 4.67. The van der Waals surface area contributed by atoms with Gasteiger partial charge in [0.15, 0.2) is 0 Å². The maximum Gasteiger partial charge on any atom is 0.231 e. The Hall–Kier alpha value is -3.15. The van der Waals surface area contributed by atoms with E-state index in [2.05, 4.69) is 20.3 Å². The van der Waals surface area contributed by atoms with Crippen LogP contribution in [0.25, 0.3) is 11.0 Å². The number of nitrogens with one attached hydrogen (secondary N) is 2. The van der Waals surface area contributed by atoms with Crippen LogP contribution in [0.15, 0.2) is 59.6 Å². The topological polar surface area (TPSA) is 96.2 Å². The Kier molecular flexibility index (Phi) is 6.08. The number of guanidine groups is 1. The molecule has 4 N–H and O–H groups in total. The van der Waals surface area contributed by atoms with E-state index < -0.39 is 0 Å². The van der Waals surface area contributed by atoms with Crippen LogP contribution in [0.3, 0.4) is 0 Å². The van der Waals surface area contributed by atoms with Gasteiger partial charge in [0.25, 0.3) is 0 Å². The molecular formula is C18H21N5O. The number of aromatic amines is 1. The van der Waals surface area contributed by atoms with Crippen molar-refractivity contribution in [3.05, 3.63) is 60.2 Å². The lowest BCUT2D eigenvalue weighted by Crippen LogP contribution is -2.37. The van der Waals surface area contributed by atoms with Crippen LogP contribution in [-0.4, -0.2) is 21.8 Å². The van der Waals surface area contributed by atoms with E-state index in [9.17, 15) is 4.79 Å². The summed E-state index contributed by atoms with van der Waals surface area (Å²) >= 11 is 0. The Balaban J connectivity index is 0.00000100. The number of benzene rings is 2. The molecule has 1 amide bonds. The van der Waals surface area contributed by atoms with E-state index in [1.54, 1.807) is 0 Å². The van der Waals surface area contributed by atoms with Gasteiger partial charge >= 0.3 is 0 Å². The van der Waals surface area contributed by atoms with E-state index in [4.69, 9.17) is 5.73 Å². The van der Waals surface area contributed by atoms with Gasteiger partial charge in [0.1, 0.15) is 0 Å². The average Bonchev–Trinajstić information content (AvgIpc) is 2.99. The van der Waals surface area contributed by atoms with E-state index in [-0.39, 0.29) is 18.3 Å². The summed E-state index contributed by atoms with van der Waals surface area (Å²) in [6.45, 7) is 4.00. The van der Waals surface area contributed by atoms with E-state index in [0.717, 1.165) is 16.6 Å². The molecule has 124 valence electrons. The summed E-state index contributed by atoms with van der Waals surface area (Å²) in [5.74, 6) is 0.155. The van der Waals surface area contributed by atoms with Gasteiger partial charge in [-0.15, -0.1) is 0 Å². The van der Waals surface area contributed by atoms with Crippen molar-refractivity contribution in [1.29, 1.82) is 0 Å². The molecule has 1 aromatic heterocycles. The number of carbonyl (C=O) groups excluding carboxylic acids is 1. The summed E-state index contributed by atoms with van der Waals surface area (Å²) in [7, 11) is 0. The molecule has 6 heteroatoms. The predicted octanol–water partition coefficient (Wildman–Crippen LogP) is 2.89. The largest absolute Gasteiger partial charge is 0.369 e. The Morgan fingerprint density at radius 1 is 1.12 bits per heavy atom. The minimum absolute atomic E-state index is 0.0139. The van der Waals surface area contributed by atoms with Crippen molar-refractivity contribution in [2.45, 2.75) is 20.3 Å². The van der Waals surface area contributed by atoms with Gasteiger partial charge in [-0.1, -0.05) is 56.3 Å². The van der Waals surface area contributed by atoms with E-state index in [1.165, 1.54) is 0 Å². The van der Waals surface area contributed by atoms with Gasteiger partial charge in [-0.3, -0.25) is 10.1 Å². The van der Waals surface area contributed by atoms with Crippen molar-refractivity contribution in [3.63, 3.8) is 0 Å². The fraction of sp³-hybridized carbons (Fsp3) is 0.167. The second kappa shape index (κ2) is 8.47. The SMILES string of the molecule is CC.N/C(=N\c1nc2ccccc2[nH]1)NC(=O)Cc1ccccc1. The van der Waals surface area contributed by atoms with Crippen LogP contribution in [0.2, 0.25) is 0 Å². The van der Waals surface area contributed by atoms with Crippen LogP contribution in [0.4, 0.5) is 5.95 Å². The van der Waals surface area contributed by atoms with E-state index in [0.29, 0.717) is 5.95 Å². The van der Waals surface area contributed by atoms with Crippen LogP contribution < -0.4 is 11.1 Å². The normalized spacial score (nSPS) is 10.8. The molecule has 2 aromatic carbocycles. The highest BCUT2D eigenvalue weighted by molar-refractivity contribution is 5.97. The van der Waals surface area contributed by atoms with Crippen LogP contribution in [-0.2, 0) is 11.2 Å². The van der Waals surface area contributed by atoms with Crippen molar-refractivity contribution in [3.8, 4) is 0 Å². The first-order valence-electron chi connectivity index (χ1n) is 7.83. The molecule has 0 fully saturated rings. The van der Waals surface area contributed by atoms with Crippen molar-refractivity contribution in [1.82, 2.24) is 15.3 Å². The number of para-hydroxylation sites is 2. The van der Waals surface area contributed by atoms with Gasteiger partial charge in [0.2, 0.25) is 17.8 Å². The molecule has 6 nitrogen and oxygen atoms in total. The number of amides is 1. The van der Waals surface area contributed by atoms with Crippen LogP contribution in [0, 0.1) is 0 Å². The zero-order valence-electron chi connectivity index (χ0n) is 13.8. The molecule has 24 heavy (non-hydrogen) atoms. The zero-order chi connectivity index (χ0) is 17.4. The number of hydrogen-bond acceptors (Lipinski definition) is 3. The highest BCUT2D eigenvalue weighted by Crippen LogP contribution is 2.15. The maximum atomic E-state index is 11.9. The Labute approximate surface area is 140 Å². The first-order valence-corrected chi connectivity index (χ1v) is 7.83. The van der Waals surface area contributed by atoms with Crippen molar-refractivity contribution < 1.29 is 4.79 Å². The number of nitrogens with zero attached hydrogens (tertiary/aromatic N) is 2. The smallest absolute Gasteiger partial charge is 0.231 e. The van der Waals surface area contributed by atoms with E-state index >= 15 is 0 Å². The number of rotatable bonds is 3. The number of hydrogen-bond donors (Lipinski definition) is 3. The molecule has 0 radical (unpaired) electrons. The average molecular weight is 323 g/mol. The molecule has 0 spiro atoms. The molecule has 1 heterocycles. The standard InChI is InChI=1S/C16H15N5O.C2H6/c17-15(20-14(22)10-11-6-2-1-3-7-11)21-16-18-12-8-4-5-9-13(12)19-16;1-2/h1-9H,10H2,(H4,17,18,19,20,21,22);1-2H3. The van der Waals surface area contributed by atoms with Gasteiger partial charge in [-0.05, 0) is 17.7 Å². The first kappa shape index (κ1) is 17.2. The number of aromatic nitrogens is 2.